The van der Waals surface area contributed by atoms with Gasteiger partial charge in [0.25, 0.3) is 0 Å². The van der Waals surface area contributed by atoms with Crippen molar-refractivity contribution >= 4 is 23.2 Å². The van der Waals surface area contributed by atoms with E-state index in [0.29, 0.717) is 11.3 Å². The maximum Gasteiger partial charge on any atom is 0.244 e. The molecule has 0 spiro atoms. The lowest BCUT2D eigenvalue weighted by molar-refractivity contribution is -0.117. The van der Waals surface area contributed by atoms with Crippen LogP contribution in [0.15, 0.2) is 24.3 Å². The molecule has 1 atom stereocenters. The normalized spacial score (nSPS) is 11.6. The van der Waals surface area contributed by atoms with Crippen molar-refractivity contribution in [3.63, 3.8) is 0 Å². The average Bonchev–Trinajstić information content (AvgIpc) is 2.27. The van der Waals surface area contributed by atoms with Crippen LogP contribution >= 0.6 is 11.6 Å². The van der Waals surface area contributed by atoms with E-state index in [4.69, 9.17) is 16.9 Å². The summed E-state index contributed by atoms with van der Waals surface area (Å²) in [7, 11) is 1.64. The predicted molar refractivity (Wildman–Crippen MR) is 59.9 cm³/mol. The smallest absolute Gasteiger partial charge is 0.244 e. The quantitative estimate of drug-likeness (QED) is 0.720. The maximum atomic E-state index is 11.6. The van der Waals surface area contributed by atoms with Crippen LogP contribution in [0.1, 0.15) is 12.5 Å². The molecular weight excluding hydrogens is 212 g/mol. The highest BCUT2D eigenvalue weighted by molar-refractivity contribution is 6.32. The molecule has 0 aliphatic rings. The monoisotopic (exact) mass is 222 g/mol. The lowest BCUT2D eigenvalue weighted by Crippen LogP contribution is -2.31. The maximum absolute atomic E-state index is 11.6. The fourth-order valence-electron chi connectivity index (χ4n) is 1.18. The van der Waals surface area contributed by atoms with Crippen LogP contribution in [0, 0.1) is 11.3 Å². The number of nitriles is 1. The number of halogens is 1. The number of hydrogen-bond donors (Lipinski definition) is 0. The summed E-state index contributed by atoms with van der Waals surface area (Å²) in [5.41, 5.74) is 1.20. The Labute approximate surface area is 93.9 Å². The number of carbonyl (C=O) groups excluding carboxylic acids is 1. The molecule has 0 N–H and O–H groups in total. The highest BCUT2D eigenvalue weighted by atomic mass is 35.5. The van der Waals surface area contributed by atoms with Gasteiger partial charge in [0.2, 0.25) is 5.91 Å². The topological polar surface area (TPSA) is 44.1 Å². The van der Waals surface area contributed by atoms with Gasteiger partial charge in [-0.1, -0.05) is 6.07 Å². The number of amides is 1. The van der Waals surface area contributed by atoms with Crippen molar-refractivity contribution in [2.24, 2.45) is 0 Å². The summed E-state index contributed by atoms with van der Waals surface area (Å²) in [5, 5.41) is 8.14. The molecule has 1 amide bonds. The van der Waals surface area contributed by atoms with Crippen molar-refractivity contribution in [3.8, 4) is 6.07 Å². The summed E-state index contributed by atoms with van der Waals surface area (Å²) in [5.74, 6) is -0.188. The Kier molecular flexibility index (Phi) is 3.70. The van der Waals surface area contributed by atoms with Crippen LogP contribution in [0.25, 0.3) is 0 Å². The van der Waals surface area contributed by atoms with Gasteiger partial charge < -0.3 is 4.90 Å². The van der Waals surface area contributed by atoms with E-state index in [2.05, 4.69) is 0 Å². The molecule has 78 valence electrons. The van der Waals surface area contributed by atoms with Crippen molar-refractivity contribution in [2.75, 3.05) is 11.9 Å². The van der Waals surface area contributed by atoms with Crippen LogP contribution in [0.3, 0.4) is 0 Å². The fourth-order valence-corrected chi connectivity index (χ4v) is 1.32. The summed E-state index contributed by atoms with van der Waals surface area (Å²) in [6.07, 6.45) is 0. The molecule has 0 aliphatic carbocycles. The van der Waals surface area contributed by atoms with E-state index < -0.39 is 5.38 Å². The Hall–Kier alpha value is -1.53. The summed E-state index contributed by atoms with van der Waals surface area (Å²) < 4.78 is 0. The number of benzene rings is 1. The number of carbonyl (C=O) groups is 1. The number of hydrogen-bond acceptors (Lipinski definition) is 2. The molecule has 0 saturated heterocycles. The third kappa shape index (κ3) is 2.71. The van der Waals surface area contributed by atoms with Crippen LogP contribution in [0.2, 0.25) is 0 Å². The van der Waals surface area contributed by atoms with Crippen molar-refractivity contribution in [2.45, 2.75) is 12.3 Å². The molecule has 0 fully saturated rings. The number of alkyl halides is 1. The van der Waals surface area contributed by atoms with Gasteiger partial charge in [0.05, 0.1) is 11.6 Å². The van der Waals surface area contributed by atoms with Crippen molar-refractivity contribution < 1.29 is 4.79 Å². The molecule has 4 heteroatoms. The van der Waals surface area contributed by atoms with E-state index in [1.165, 1.54) is 4.90 Å². The molecule has 1 aromatic carbocycles. The first-order chi connectivity index (χ1) is 7.06. The van der Waals surface area contributed by atoms with E-state index in [9.17, 15) is 4.79 Å². The van der Waals surface area contributed by atoms with E-state index in [1.807, 2.05) is 6.07 Å². The Morgan fingerprint density at radius 1 is 1.60 bits per heavy atom. The molecule has 1 rings (SSSR count). The molecule has 0 radical (unpaired) electrons. The third-order valence-corrected chi connectivity index (χ3v) is 2.22. The number of rotatable bonds is 2. The zero-order valence-electron chi connectivity index (χ0n) is 8.57. The second kappa shape index (κ2) is 4.81. The van der Waals surface area contributed by atoms with Gasteiger partial charge in [-0.25, -0.2) is 0 Å². The SMILES string of the molecule is CC(Cl)C(=O)N(C)c1cccc(C#N)c1. The van der Waals surface area contributed by atoms with E-state index in [1.54, 1.807) is 38.2 Å². The lowest BCUT2D eigenvalue weighted by Gasteiger charge is -2.18. The van der Waals surface area contributed by atoms with Crippen molar-refractivity contribution in [1.82, 2.24) is 0 Å². The van der Waals surface area contributed by atoms with Crippen LogP contribution in [0.5, 0.6) is 0 Å². The molecule has 0 heterocycles. The molecular formula is C11H11ClN2O. The summed E-state index contributed by atoms with van der Waals surface area (Å²) in [6, 6.07) is 8.85. The number of anilines is 1. The molecule has 0 saturated carbocycles. The first-order valence-corrected chi connectivity index (χ1v) is 4.91. The van der Waals surface area contributed by atoms with Gasteiger partial charge in [-0.3, -0.25) is 4.79 Å². The molecule has 1 unspecified atom stereocenters. The van der Waals surface area contributed by atoms with Gasteiger partial charge >= 0.3 is 0 Å². The van der Waals surface area contributed by atoms with Gasteiger partial charge in [0.1, 0.15) is 5.38 Å². The van der Waals surface area contributed by atoms with Gasteiger partial charge in [0, 0.05) is 12.7 Å². The van der Waals surface area contributed by atoms with E-state index >= 15 is 0 Å². The Balaban J connectivity index is 2.97. The minimum absolute atomic E-state index is 0.188. The molecule has 0 aromatic heterocycles. The van der Waals surface area contributed by atoms with Crippen molar-refractivity contribution in [3.05, 3.63) is 29.8 Å². The van der Waals surface area contributed by atoms with Crippen molar-refractivity contribution in [1.29, 1.82) is 5.26 Å². The van der Waals surface area contributed by atoms with Gasteiger partial charge in [0.15, 0.2) is 0 Å². The van der Waals surface area contributed by atoms with Gasteiger partial charge in [-0.15, -0.1) is 11.6 Å². The highest BCUT2D eigenvalue weighted by Crippen LogP contribution is 2.16. The summed E-state index contributed by atoms with van der Waals surface area (Å²) in [6.45, 7) is 1.62. The van der Waals surface area contributed by atoms with E-state index in [0.717, 1.165) is 0 Å². The van der Waals surface area contributed by atoms with Gasteiger partial charge in [-0.05, 0) is 25.1 Å². The zero-order valence-corrected chi connectivity index (χ0v) is 9.32. The largest absolute Gasteiger partial charge is 0.314 e. The molecule has 3 nitrogen and oxygen atoms in total. The Bertz CT molecular complexity index is 409. The molecule has 1 aromatic rings. The van der Waals surface area contributed by atoms with E-state index in [-0.39, 0.29) is 5.91 Å². The standard InChI is InChI=1S/C11H11ClN2O/c1-8(12)11(15)14(2)10-5-3-4-9(6-10)7-13/h3-6,8H,1-2H3. The van der Waals surface area contributed by atoms with Crippen LogP contribution in [-0.2, 0) is 4.79 Å². The summed E-state index contributed by atoms with van der Waals surface area (Å²) in [4.78, 5) is 13.0. The van der Waals surface area contributed by atoms with Crippen LogP contribution in [0.4, 0.5) is 5.69 Å². The highest BCUT2D eigenvalue weighted by Gasteiger charge is 2.16. The first kappa shape index (κ1) is 11.5. The molecule has 0 aliphatic heterocycles. The molecule has 15 heavy (non-hydrogen) atoms. The van der Waals surface area contributed by atoms with Gasteiger partial charge in [-0.2, -0.15) is 5.26 Å². The van der Waals surface area contributed by atoms with Crippen LogP contribution < -0.4 is 4.90 Å². The Morgan fingerprint density at radius 3 is 2.80 bits per heavy atom. The summed E-state index contributed by atoms with van der Waals surface area (Å²) >= 11 is 5.69. The second-order valence-corrected chi connectivity index (χ2v) is 3.83. The lowest BCUT2D eigenvalue weighted by atomic mass is 10.2. The fraction of sp³-hybridized carbons (Fsp3) is 0.273. The molecule has 0 bridgehead atoms. The average molecular weight is 223 g/mol. The Morgan fingerprint density at radius 2 is 2.27 bits per heavy atom. The third-order valence-electron chi connectivity index (χ3n) is 2.03. The first-order valence-electron chi connectivity index (χ1n) is 4.48. The predicted octanol–water partition coefficient (Wildman–Crippen LogP) is 2.15. The second-order valence-electron chi connectivity index (χ2n) is 3.18. The number of nitrogens with zero attached hydrogens (tertiary/aromatic N) is 2. The minimum atomic E-state index is -0.569. The zero-order chi connectivity index (χ0) is 11.4. The van der Waals surface area contributed by atoms with Crippen LogP contribution in [-0.4, -0.2) is 18.3 Å². The minimum Gasteiger partial charge on any atom is -0.314 e.